The van der Waals surface area contributed by atoms with Gasteiger partial charge in [-0.3, -0.25) is 0 Å². The summed E-state index contributed by atoms with van der Waals surface area (Å²) in [4.78, 5) is 3.91. The fourth-order valence-electron chi connectivity index (χ4n) is 2.34. The molecule has 3 rings (SSSR count). The van der Waals surface area contributed by atoms with E-state index in [1.165, 1.54) is 11.6 Å². The van der Waals surface area contributed by atoms with Crippen LogP contribution in [0.15, 0.2) is 35.5 Å². The summed E-state index contributed by atoms with van der Waals surface area (Å²) in [7, 11) is -1.95. The molecular formula is C13H13F2N3OS. The molecule has 1 aromatic carbocycles. The monoisotopic (exact) mass is 297 g/mol. The first-order valence-corrected chi connectivity index (χ1v) is 7.49. The largest absolute Gasteiger partial charge is 0.248 e. The van der Waals surface area contributed by atoms with Gasteiger partial charge in [-0.25, -0.2) is 22.7 Å². The first-order valence-electron chi connectivity index (χ1n) is 6.28. The van der Waals surface area contributed by atoms with Gasteiger partial charge in [-0.2, -0.15) is 0 Å². The molecule has 1 aliphatic heterocycles. The number of rotatable bonds is 3. The molecule has 4 unspecified atom stereocenters. The molecule has 0 aliphatic carbocycles. The molecule has 7 heteroatoms. The van der Waals surface area contributed by atoms with E-state index in [1.54, 1.807) is 0 Å². The molecule has 106 valence electrons. The van der Waals surface area contributed by atoms with Gasteiger partial charge < -0.3 is 0 Å². The van der Waals surface area contributed by atoms with Crippen molar-refractivity contribution in [2.24, 2.45) is 0 Å². The summed E-state index contributed by atoms with van der Waals surface area (Å²) in [5.74, 6) is 0.128. The molecule has 0 radical (unpaired) electrons. The van der Waals surface area contributed by atoms with Crippen molar-refractivity contribution in [3.63, 3.8) is 0 Å². The average Bonchev–Trinajstić information content (AvgIpc) is 3.00. The van der Waals surface area contributed by atoms with Crippen molar-refractivity contribution >= 4 is 10.8 Å². The lowest BCUT2D eigenvalue weighted by Gasteiger charge is -2.11. The van der Waals surface area contributed by atoms with E-state index < -0.39 is 22.5 Å². The van der Waals surface area contributed by atoms with Crippen molar-refractivity contribution in [2.45, 2.75) is 36.2 Å². The van der Waals surface area contributed by atoms with Crippen LogP contribution < -0.4 is 0 Å². The zero-order valence-corrected chi connectivity index (χ0v) is 11.6. The van der Waals surface area contributed by atoms with E-state index in [1.807, 2.05) is 30.3 Å². The molecule has 2 heterocycles. The summed E-state index contributed by atoms with van der Waals surface area (Å²) in [6.45, 7) is 1.17. The SMILES string of the molecule is CC(F)S(=O)c1nc2n(n1)C(c1ccccc1)CC2F. The topological polar surface area (TPSA) is 47.8 Å². The first-order chi connectivity index (χ1) is 9.58. The van der Waals surface area contributed by atoms with Gasteiger partial charge in [0.2, 0.25) is 5.16 Å². The van der Waals surface area contributed by atoms with Crippen LogP contribution in [-0.4, -0.2) is 24.5 Å². The number of aromatic nitrogens is 3. The van der Waals surface area contributed by atoms with E-state index >= 15 is 0 Å². The lowest BCUT2D eigenvalue weighted by Crippen LogP contribution is -2.10. The molecular weight excluding hydrogens is 284 g/mol. The van der Waals surface area contributed by atoms with Crippen LogP contribution in [0.3, 0.4) is 0 Å². The number of halogens is 2. The Kier molecular flexibility index (Phi) is 3.37. The molecule has 0 spiro atoms. The maximum absolute atomic E-state index is 14.0. The van der Waals surface area contributed by atoms with Crippen LogP contribution in [-0.2, 0) is 10.8 Å². The standard InChI is InChI=1S/C13H13F2N3OS/c1-8(14)20(19)13-16-12-10(15)7-11(18(12)17-13)9-5-3-2-4-6-9/h2-6,8,10-11H,7H2,1H3. The molecule has 4 atom stereocenters. The second-order valence-corrected chi connectivity index (χ2v) is 6.28. The van der Waals surface area contributed by atoms with Gasteiger partial charge in [0.05, 0.1) is 6.04 Å². The van der Waals surface area contributed by atoms with E-state index in [-0.39, 0.29) is 23.4 Å². The predicted molar refractivity (Wildman–Crippen MR) is 70.0 cm³/mol. The second kappa shape index (κ2) is 5.05. The fraction of sp³-hybridized carbons (Fsp3) is 0.385. The van der Waals surface area contributed by atoms with E-state index in [4.69, 9.17) is 0 Å². The van der Waals surface area contributed by atoms with Crippen LogP contribution in [0, 0.1) is 0 Å². The number of alkyl halides is 2. The molecule has 1 aromatic heterocycles. The highest BCUT2D eigenvalue weighted by Crippen LogP contribution is 2.39. The average molecular weight is 297 g/mol. The quantitative estimate of drug-likeness (QED) is 0.875. The molecule has 0 fully saturated rings. The third-order valence-corrected chi connectivity index (χ3v) is 4.43. The van der Waals surface area contributed by atoms with Crippen molar-refractivity contribution in [3.8, 4) is 0 Å². The van der Waals surface area contributed by atoms with Crippen molar-refractivity contribution < 1.29 is 13.0 Å². The van der Waals surface area contributed by atoms with Gasteiger partial charge in [0.15, 0.2) is 17.5 Å². The maximum Gasteiger partial charge on any atom is 0.242 e. The Hall–Kier alpha value is -1.63. The minimum absolute atomic E-state index is 0.128. The highest BCUT2D eigenvalue weighted by molar-refractivity contribution is 7.85. The zero-order chi connectivity index (χ0) is 14.3. The molecule has 4 nitrogen and oxygen atoms in total. The third kappa shape index (κ3) is 2.15. The van der Waals surface area contributed by atoms with Crippen LogP contribution in [0.25, 0.3) is 0 Å². The van der Waals surface area contributed by atoms with Gasteiger partial charge in [-0.1, -0.05) is 30.3 Å². The highest BCUT2D eigenvalue weighted by Gasteiger charge is 2.36. The van der Waals surface area contributed by atoms with Crippen LogP contribution in [0.4, 0.5) is 8.78 Å². The van der Waals surface area contributed by atoms with E-state index in [0.29, 0.717) is 0 Å². The van der Waals surface area contributed by atoms with Crippen molar-refractivity contribution in [3.05, 3.63) is 41.7 Å². The van der Waals surface area contributed by atoms with Crippen LogP contribution >= 0.6 is 0 Å². The molecule has 0 bridgehead atoms. The Labute approximate surface area is 117 Å². The Morgan fingerprint density at radius 2 is 2.10 bits per heavy atom. The van der Waals surface area contributed by atoms with Crippen molar-refractivity contribution in [1.29, 1.82) is 0 Å². The number of hydrogen-bond acceptors (Lipinski definition) is 3. The maximum atomic E-state index is 14.0. The Bertz CT molecular complexity index is 644. The minimum Gasteiger partial charge on any atom is -0.248 e. The molecule has 0 saturated heterocycles. The number of benzene rings is 1. The van der Waals surface area contributed by atoms with Gasteiger partial charge in [-0.05, 0) is 12.5 Å². The number of nitrogens with zero attached hydrogens (tertiary/aromatic N) is 3. The second-order valence-electron chi connectivity index (χ2n) is 4.67. The Balaban J connectivity index is 2.00. The molecule has 0 amide bonds. The molecule has 0 N–H and O–H groups in total. The highest BCUT2D eigenvalue weighted by atomic mass is 32.2. The summed E-state index contributed by atoms with van der Waals surface area (Å²) < 4.78 is 40.2. The summed E-state index contributed by atoms with van der Waals surface area (Å²) in [5.41, 5.74) is -0.671. The summed E-state index contributed by atoms with van der Waals surface area (Å²) in [6.07, 6.45) is -1.02. The molecule has 2 aromatic rings. The van der Waals surface area contributed by atoms with Gasteiger partial charge in [0.1, 0.15) is 10.8 Å². The van der Waals surface area contributed by atoms with Crippen molar-refractivity contribution in [2.75, 3.05) is 0 Å². The Morgan fingerprint density at radius 3 is 2.75 bits per heavy atom. The molecule has 1 aliphatic rings. The van der Waals surface area contributed by atoms with Crippen LogP contribution in [0.2, 0.25) is 0 Å². The van der Waals surface area contributed by atoms with E-state index in [9.17, 15) is 13.0 Å². The fourth-order valence-corrected chi connectivity index (χ4v) is 2.98. The van der Waals surface area contributed by atoms with Crippen LogP contribution in [0.1, 0.15) is 36.9 Å². The van der Waals surface area contributed by atoms with Crippen molar-refractivity contribution in [1.82, 2.24) is 14.8 Å². The Morgan fingerprint density at radius 1 is 1.40 bits per heavy atom. The molecule has 20 heavy (non-hydrogen) atoms. The summed E-state index contributed by atoms with van der Waals surface area (Å²) >= 11 is 0. The van der Waals surface area contributed by atoms with Gasteiger partial charge in [0, 0.05) is 6.42 Å². The lowest BCUT2D eigenvalue weighted by atomic mass is 10.0. The predicted octanol–water partition coefficient (Wildman–Crippen LogP) is 2.70. The van der Waals surface area contributed by atoms with Gasteiger partial charge in [-0.15, -0.1) is 5.10 Å². The summed E-state index contributed by atoms with van der Waals surface area (Å²) in [6, 6.07) is 9.07. The molecule has 0 saturated carbocycles. The number of hydrogen-bond donors (Lipinski definition) is 0. The number of fused-ring (bicyclic) bond motifs is 1. The van der Waals surface area contributed by atoms with Crippen LogP contribution in [0.5, 0.6) is 0 Å². The minimum atomic E-state index is -1.95. The lowest BCUT2D eigenvalue weighted by molar-refractivity contribution is 0.326. The smallest absolute Gasteiger partial charge is 0.242 e. The third-order valence-electron chi connectivity index (χ3n) is 3.30. The first kappa shape index (κ1) is 13.4. The van der Waals surface area contributed by atoms with Gasteiger partial charge in [0.25, 0.3) is 0 Å². The van der Waals surface area contributed by atoms with E-state index in [2.05, 4.69) is 10.1 Å². The van der Waals surface area contributed by atoms with E-state index in [0.717, 1.165) is 5.56 Å². The summed E-state index contributed by atoms with van der Waals surface area (Å²) in [5, 5.41) is 3.91. The normalized spacial score (nSPS) is 24.4. The zero-order valence-electron chi connectivity index (χ0n) is 10.7. The van der Waals surface area contributed by atoms with Gasteiger partial charge >= 0.3 is 0 Å².